The van der Waals surface area contributed by atoms with Gasteiger partial charge in [0.05, 0.1) is 44.5 Å². The summed E-state index contributed by atoms with van der Waals surface area (Å²) in [6.45, 7) is 0. The largest absolute Gasteiger partial charge is 0.288 e. The highest BCUT2D eigenvalue weighted by Gasteiger charge is 2.27. The van der Waals surface area contributed by atoms with E-state index in [4.69, 9.17) is 0 Å². The van der Waals surface area contributed by atoms with Gasteiger partial charge >= 0.3 is 0 Å². The molecule has 4 N–H and O–H groups in total. The number of amides is 8. The van der Waals surface area contributed by atoms with Crippen LogP contribution in [0.15, 0.2) is 97.1 Å². The van der Waals surface area contributed by atoms with Crippen LogP contribution in [0.5, 0.6) is 0 Å². The van der Waals surface area contributed by atoms with Crippen LogP contribution in [0, 0.1) is 0 Å². The van der Waals surface area contributed by atoms with Crippen LogP contribution in [-0.2, 0) is 0 Å². The Labute approximate surface area is 297 Å². The zero-order valence-electron chi connectivity index (χ0n) is 24.1. The number of carbonyl (C=O) groups is 8. The van der Waals surface area contributed by atoms with Crippen molar-refractivity contribution in [2.75, 3.05) is 0 Å². The fraction of sp³-hybridized carbons (Fsp3) is 0. The highest BCUT2D eigenvalue weighted by Crippen LogP contribution is 2.16. The van der Waals surface area contributed by atoms with E-state index >= 15 is 0 Å². The first kappa shape index (κ1) is 40.6. The Kier molecular flexibility index (Phi) is 14.8. The fourth-order valence-electron chi connectivity index (χ4n) is 4.47. The molecule has 0 saturated carbocycles. The van der Waals surface area contributed by atoms with Crippen LogP contribution in [-0.4, -0.2) is 47.3 Å². The summed E-state index contributed by atoms with van der Waals surface area (Å²) >= 11 is 0. The van der Waals surface area contributed by atoms with Gasteiger partial charge in [-0.25, -0.2) is 0 Å². The summed E-state index contributed by atoms with van der Waals surface area (Å²) in [5, 5.41) is 8.82. The topological polar surface area (TPSA) is 185 Å². The van der Waals surface area contributed by atoms with Gasteiger partial charge in [-0.05, 0) is 48.5 Å². The lowest BCUT2D eigenvalue weighted by Gasteiger charge is -1.88. The summed E-state index contributed by atoms with van der Waals surface area (Å²) in [6, 6.07) is 26.9. The molecule has 0 saturated heterocycles. The molecule has 4 aromatic carbocycles. The maximum Gasteiger partial charge on any atom is 0.258 e. The quantitative estimate of drug-likeness (QED) is 0.196. The smallest absolute Gasteiger partial charge is 0.258 e. The van der Waals surface area contributed by atoms with Crippen molar-refractivity contribution in [3.8, 4) is 0 Å². The Balaban J connectivity index is 0.000000311. The minimum atomic E-state index is -0.300. The third-order valence-corrected chi connectivity index (χ3v) is 6.57. The van der Waals surface area contributed by atoms with Crippen molar-refractivity contribution in [2.24, 2.45) is 0 Å². The van der Waals surface area contributed by atoms with Gasteiger partial charge in [0.1, 0.15) is 0 Å². The number of benzene rings is 4. The molecular weight excluding hydrogens is 710 g/mol. The summed E-state index contributed by atoms with van der Waals surface area (Å²) in [7, 11) is 0. The number of fused-ring (bicyclic) bond motifs is 4. The van der Waals surface area contributed by atoms with E-state index in [1.807, 2.05) is 0 Å². The molecular formula is C32H24Cl4N4O8. The third-order valence-electron chi connectivity index (χ3n) is 6.57. The fourth-order valence-corrected chi connectivity index (χ4v) is 4.47. The molecule has 0 fully saturated rings. The molecule has 4 heterocycles. The zero-order valence-corrected chi connectivity index (χ0v) is 27.4. The lowest BCUT2D eigenvalue weighted by atomic mass is 10.1. The number of carbonyl (C=O) groups excluding carboxylic acids is 8. The van der Waals surface area contributed by atoms with Crippen LogP contribution in [0.1, 0.15) is 82.9 Å². The van der Waals surface area contributed by atoms with Gasteiger partial charge in [-0.1, -0.05) is 48.5 Å². The number of nitrogens with one attached hydrogen (secondary N) is 4. The highest BCUT2D eigenvalue weighted by atomic mass is 35.5. The number of imide groups is 4. The Morgan fingerprint density at radius 2 is 0.333 bits per heavy atom. The summed E-state index contributed by atoms with van der Waals surface area (Å²) in [4.78, 5) is 87.6. The number of hydrogen-bond acceptors (Lipinski definition) is 8. The summed E-state index contributed by atoms with van der Waals surface area (Å²) in [5.41, 5.74) is 3.76. The molecule has 0 bridgehead atoms. The molecule has 248 valence electrons. The molecule has 4 aromatic rings. The number of rotatable bonds is 0. The van der Waals surface area contributed by atoms with Crippen molar-refractivity contribution >= 4 is 96.9 Å². The molecule has 12 nitrogen and oxygen atoms in total. The van der Waals surface area contributed by atoms with Crippen LogP contribution in [0.2, 0.25) is 0 Å². The van der Waals surface area contributed by atoms with Crippen LogP contribution in [0.3, 0.4) is 0 Å². The van der Waals surface area contributed by atoms with Gasteiger partial charge in [-0.15, -0.1) is 49.6 Å². The molecule has 0 aliphatic carbocycles. The monoisotopic (exact) mass is 732 g/mol. The maximum atomic E-state index is 10.9. The Hall–Kier alpha value is -5.40. The van der Waals surface area contributed by atoms with E-state index in [-0.39, 0.29) is 96.9 Å². The average Bonchev–Trinajstić information content (AvgIpc) is 3.71. The van der Waals surface area contributed by atoms with E-state index in [2.05, 4.69) is 21.3 Å². The summed E-state index contributed by atoms with van der Waals surface area (Å²) < 4.78 is 0. The Morgan fingerprint density at radius 3 is 0.438 bits per heavy atom. The molecule has 0 atom stereocenters. The van der Waals surface area contributed by atoms with Crippen LogP contribution >= 0.6 is 49.6 Å². The maximum absolute atomic E-state index is 10.9. The minimum absolute atomic E-state index is 0. The Morgan fingerprint density at radius 1 is 0.229 bits per heavy atom. The van der Waals surface area contributed by atoms with Gasteiger partial charge in [0.25, 0.3) is 47.3 Å². The van der Waals surface area contributed by atoms with E-state index in [9.17, 15) is 38.4 Å². The van der Waals surface area contributed by atoms with Gasteiger partial charge in [0.15, 0.2) is 0 Å². The molecule has 8 rings (SSSR count). The van der Waals surface area contributed by atoms with Gasteiger partial charge in [-0.2, -0.15) is 0 Å². The second kappa shape index (κ2) is 17.5. The highest BCUT2D eigenvalue weighted by molar-refractivity contribution is 6.23. The normalized spacial score (nSPS) is 13.3. The SMILES string of the molecule is Cl.Cl.Cl.Cl.O=C1NC(=O)c2ccccc21.O=C1NC(=O)c2ccccc21.O=C1NC(=O)c2ccccc21.O=C1NC(=O)c2ccccc21. The van der Waals surface area contributed by atoms with E-state index < -0.39 is 0 Å². The van der Waals surface area contributed by atoms with Crippen molar-refractivity contribution in [1.29, 1.82) is 0 Å². The van der Waals surface area contributed by atoms with E-state index in [0.717, 1.165) is 0 Å². The first-order valence-corrected chi connectivity index (χ1v) is 12.9. The molecule has 16 heteroatoms. The predicted octanol–water partition coefficient (Wildman–Crippen LogP) is 3.97. The summed E-state index contributed by atoms with van der Waals surface area (Å²) in [5.74, 6) is -2.40. The van der Waals surface area contributed by atoms with Gasteiger partial charge in [0.2, 0.25) is 0 Å². The molecule has 48 heavy (non-hydrogen) atoms. The molecule has 0 aromatic heterocycles. The minimum Gasteiger partial charge on any atom is -0.288 e. The van der Waals surface area contributed by atoms with Gasteiger partial charge < -0.3 is 0 Å². The van der Waals surface area contributed by atoms with Crippen molar-refractivity contribution in [2.45, 2.75) is 0 Å². The van der Waals surface area contributed by atoms with Crippen molar-refractivity contribution in [3.05, 3.63) is 142 Å². The van der Waals surface area contributed by atoms with Crippen molar-refractivity contribution < 1.29 is 38.4 Å². The van der Waals surface area contributed by atoms with Crippen LogP contribution < -0.4 is 21.3 Å². The number of hydrogen-bond donors (Lipinski definition) is 4. The summed E-state index contributed by atoms with van der Waals surface area (Å²) in [6.07, 6.45) is 0. The Bertz CT molecular complexity index is 1540. The average molecular weight is 734 g/mol. The molecule has 4 aliphatic heterocycles. The first-order chi connectivity index (χ1) is 21.2. The molecule has 0 unspecified atom stereocenters. The lowest BCUT2D eigenvalue weighted by Crippen LogP contribution is -2.19. The molecule has 0 spiro atoms. The predicted molar refractivity (Wildman–Crippen MR) is 182 cm³/mol. The second-order valence-corrected chi connectivity index (χ2v) is 9.32. The van der Waals surface area contributed by atoms with Gasteiger partial charge in [-0.3, -0.25) is 59.6 Å². The zero-order chi connectivity index (χ0) is 31.4. The number of halogens is 4. The molecule has 8 amide bonds. The standard InChI is InChI=1S/4C8H5NO2.4ClH/c4*10-7-5-3-1-2-4-6(5)8(11)9-7;;;;/h4*1-4H,(H,9,10,11);4*1H. The molecule has 4 aliphatic rings. The second-order valence-electron chi connectivity index (χ2n) is 9.32. The van der Waals surface area contributed by atoms with Crippen LogP contribution in [0.25, 0.3) is 0 Å². The molecule has 0 radical (unpaired) electrons. The van der Waals surface area contributed by atoms with Gasteiger partial charge in [0, 0.05) is 0 Å². The van der Waals surface area contributed by atoms with Crippen molar-refractivity contribution in [1.82, 2.24) is 21.3 Å². The first-order valence-electron chi connectivity index (χ1n) is 12.9. The van der Waals surface area contributed by atoms with Crippen molar-refractivity contribution in [3.63, 3.8) is 0 Å². The van der Waals surface area contributed by atoms with E-state index in [1.54, 1.807) is 97.1 Å². The third kappa shape index (κ3) is 8.49. The van der Waals surface area contributed by atoms with E-state index in [0.29, 0.717) is 44.5 Å². The lowest BCUT2D eigenvalue weighted by molar-refractivity contribution is 0.0863. The van der Waals surface area contributed by atoms with Crippen LogP contribution in [0.4, 0.5) is 0 Å². The van der Waals surface area contributed by atoms with E-state index in [1.165, 1.54) is 0 Å².